The van der Waals surface area contributed by atoms with Crippen LogP contribution >= 0.6 is 0 Å². The van der Waals surface area contributed by atoms with E-state index in [1.165, 1.54) is 23.8 Å². The fourth-order valence-corrected chi connectivity index (χ4v) is 4.24. The Bertz CT molecular complexity index is 1150. The predicted molar refractivity (Wildman–Crippen MR) is 125 cm³/mol. The topological polar surface area (TPSA) is 75.3 Å². The maximum absolute atomic E-state index is 12.8. The van der Waals surface area contributed by atoms with Gasteiger partial charge in [-0.25, -0.2) is 8.42 Å². The lowest BCUT2D eigenvalue weighted by Gasteiger charge is -2.21. The highest BCUT2D eigenvalue weighted by molar-refractivity contribution is 7.92. The molecular formula is C25H28N2O3S. The summed E-state index contributed by atoms with van der Waals surface area (Å²) < 4.78 is 27.6. The first-order valence-corrected chi connectivity index (χ1v) is 11.6. The van der Waals surface area contributed by atoms with Crippen molar-refractivity contribution in [1.29, 1.82) is 0 Å². The molecule has 3 aromatic carbocycles. The summed E-state index contributed by atoms with van der Waals surface area (Å²) in [5, 5.41) is 2.98. The van der Waals surface area contributed by atoms with Gasteiger partial charge in [-0.05, 0) is 53.8 Å². The van der Waals surface area contributed by atoms with Gasteiger partial charge in [-0.1, -0.05) is 69.3 Å². The Morgan fingerprint density at radius 3 is 2.13 bits per heavy atom. The zero-order valence-corrected chi connectivity index (χ0v) is 19.0. The van der Waals surface area contributed by atoms with E-state index in [-0.39, 0.29) is 22.3 Å². The second-order valence-corrected chi connectivity index (χ2v) is 10.2. The van der Waals surface area contributed by atoms with Crippen molar-refractivity contribution in [3.05, 3.63) is 95.6 Å². The second kappa shape index (κ2) is 8.94. The van der Waals surface area contributed by atoms with E-state index >= 15 is 0 Å². The molecule has 6 heteroatoms. The van der Waals surface area contributed by atoms with Gasteiger partial charge in [0.1, 0.15) is 0 Å². The summed E-state index contributed by atoms with van der Waals surface area (Å²) in [6.07, 6.45) is 0. The van der Waals surface area contributed by atoms with Gasteiger partial charge in [-0.3, -0.25) is 9.52 Å². The molecule has 0 saturated heterocycles. The highest BCUT2D eigenvalue weighted by Crippen LogP contribution is 2.24. The minimum atomic E-state index is -3.72. The molecule has 1 amide bonds. The first-order chi connectivity index (χ1) is 14.6. The molecule has 31 heavy (non-hydrogen) atoms. The van der Waals surface area contributed by atoms with Gasteiger partial charge in [0, 0.05) is 11.3 Å². The van der Waals surface area contributed by atoms with Crippen LogP contribution in [0, 0.1) is 0 Å². The van der Waals surface area contributed by atoms with Crippen molar-refractivity contribution in [2.45, 2.75) is 44.0 Å². The second-order valence-electron chi connectivity index (χ2n) is 8.57. The number of rotatable bonds is 6. The highest BCUT2D eigenvalue weighted by Gasteiger charge is 2.17. The Balaban J connectivity index is 1.71. The highest BCUT2D eigenvalue weighted by atomic mass is 32.2. The van der Waals surface area contributed by atoms with Crippen molar-refractivity contribution < 1.29 is 13.2 Å². The summed E-state index contributed by atoms with van der Waals surface area (Å²) in [7, 11) is -3.72. The number of benzene rings is 3. The van der Waals surface area contributed by atoms with E-state index in [1.54, 1.807) is 36.4 Å². The molecule has 5 nitrogen and oxygen atoms in total. The van der Waals surface area contributed by atoms with Crippen LogP contribution in [0.15, 0.2) is 83.8 Å². The first-order valence-electron chi connectivity index (χ1n) is 10.2. The lowest BCUT2D eigenvalue weighted by molar-refractivity contribution is 0.0940. The molecule has 1 atom stereocenters. The maximum Gasteiger partial charge on any atom is 0.261 e. The van der Waals surface area contributed by atoms with Gasteiger partial charge in [0.15, 0.2) is 0 Å². The van der Waals surface area contributed by atoms with Gasteiger partial charge in [-0.2, -0.15) is 0 Å². The molecule has 0 aromatic heterocycles. The number of carbonyl (C=O) groups is 1. The normalized spacial score (nSPS) is 12.8. The Kier molecular flexibility index (Phi) is 6.51. The minimum Gasteiger partial charge on any atom is -0.346 e. The SMILES string of the molecule is C[C@@H](NC(=O)c1cccc(NS(=O)(=O)c2ccccc2)c1)c1ccc(C(C)(C)C)cc1. The van der Waals surface area contributed by atoms with Gasteiger partial charge in [0.25, 0.3) is 15.9 Å². The molecule has 162 valence electrons. The Morgan fingerprint density at radius 1 is 0.871 bits per heavy atom. The van der Waals surface area contributed by atoms with Crippen LogP contribution in [-0.2, 0) is 15.4 Å². The summed E-state index contributed by atoms with van der Waals surface area (Å²) in [6.45, 7) is 8.40. The molecule has 0 aliphatic heterocycles. The number of hydrogen-bond acceptors (Lipinski definition) is 3. The largest absolute Gasteiger partial charge is 0.346 e. The predicted octanol–water partition coefficient (Wildman–Crippen LogP) is 5.28. The fraction of sp³-hybridized carbons (Fsp3) is 0.240. The average Bonchev–Trinajstić information content (AvgIpc) is 2.73. The molecule has 0 unspecified atom stereocenters. The Labute approximate surface area is 184 Å². The number of amides is 1. The molecular weight excluding hydrogens is 408 g/mol. The van der Waals surface area contributed by atoms with Gasteiger partial charge >= 0.3 is 0 Å². The van der Waals surface area contributed by atoms with E-state index in [1.807, 2.05) is 19.1 Å². The molecule has 0 spiro atoms. The third-order valence-electron chi connectivity index (χ3n) is 5.05. The van der Waals surface area contributed by atoms with Crippen LogP contribution < -0.4 is 10.0 Å². The van der Waals surface area contributed by atoms with Gasteiger partial charge in [0.05, 0.1) is 10.9 Å². The third-order valence-corrected chi connectivity index (χ3v) is 6.45. The maximum atomic E-state index is 12.8. The summed E-state index contributed by atoms with van der Waals surface area (Å²) >= 11 is 0. The van der Waals surface area contributed by atoms with Crippen LogP contribution in [0.1, 0.15) is 55.2 Å². The summed E-state index contributed by atoms with van der Waals surface area (Å²) in [6, 6.07) is 22.6. The van der Waals surface area contributed by atoms with E-state index in [2.05, 4.69) is 42.9 Å². The molecule has 3 aromatic rings. The molecule has 0 aliphatic carbocycles. The van der Waals surface area contributed by atoms with E-state index in [4.69, 9.17) is 0 Å². The van der Waals surface area contributed by atoms with Crippen LogP contribution in [0.3, 0.4) is 0 Å². The van der Waals surface area contributed by atoms with Crippen LogP contribution in [0.2, 0.25) is 0 Å². The number of carbonyl (C=O) groups excluding carboxylic acids is 1. The van der Waals surface area contributed by atoms with Gasteiger partial charge in [0.2, 0.25) is 0 Å². The van der Waals surface area contributed by atoms with Crippen molar-refractivity contribution in [2.24, 2.45) is 0 Å². The van der Waals surface area contributed by atoms with E-state index in [0.717, 1.165) is 5.56 Å². The Morgan fingerprint density at radius 2 is 1.52 bits per heavy atom. The molecule has 0 fully saturated rings. The first kappa shape index (κ1) is 22.6. The van der Waals surface area contributed by atoms with Crippen LogP contribution in [-0.4, -0.2) is 14.3 Å². The van der Waals surface area contributed by atoms with Crippen molar-refractivity contribution in [3.8, 4) is 0 Å². The lowest BCUT2D eigenvalue weighted by Crippen LogP contribution is -2.27. The quantitative estimate of drug-likeness (QED) is 0.552. The molecule has 0 bridgehead atoms. The molecule has 0 aliphatic rings. The summed E-state index contributed by atoms with van der Waals surface area (Å²) in [5.74, 6) is -0.270. The number of hydrogen-bond donors (Lipinski definition) is 2. The molecule has 3 rings (SSSR count). The van der Waals surface area contributed by atoms with Crippen molar-refractivity contribution in [3.63, 3.8) is 0 Å². The minimum absolute atomic E-state index is 0.0680. The zero-order valence-electron chi connectivity index (χ0n) is 18.2. The zero-order chi connectivity index (χ0) is 22.6. The third kappa shape index (κ3) is 5.73. The van der Waals surface area contributed by atoms with Gasteiger partial charge < -0.3 is 5.32 Å². The number of nitrogens with one attached hydrogen (secondary N) is 2. The van der Waals surface area contributed by atoms with Gasteiger partial charge in [-0.15, -0.1) is 0 Å². The monoisotopic (exact) mass is 436 g/mol. The molecule has 0 radical (unpaired) electrons. The average molecular weight is 437 g/mol. The smallest absolute Gasteiger partial charge is 0.261 e. The fourth-order valence-electron chi connectivity index (χ4n) is 3.17. The van der Waals surface area contributed by atoms with Crippen molar-refractivity contribution >= 4 is 21.6 Å². The van der Waals surface area contributed by atoms with E-state index < -0.39 is 10.0 Å². The van der Waals surface area contributed by atoms with Crippen molar-refractivity contribution in [1.82, 2.24) is 5.32 Å². The summed E-state index contributed by atoms with van der Waals surface area (Å²) in [4.78, 5) is 12.9. The molecule has 0 saturated carbocycles. The van der Waals surface area contributed by atoms with E-state index in [0.29, 0.717) is 11.3 Å². The van der Waals surface area contributed by atoms with Crippen LogP contribution in [0.5, 0.6) is 0 Å². The lowest BCUT2D eigenvalue weighted by atomic mass is 9.86. The van der Waals surface area contributed by atoms with E-state index in [9.17, 15) is 13.2 Å². The Hall–Kier alpha value is -3.12. The molecule has 2 N–H and O–H groups in total. The number of anilines is 1. The standard InChI is InChI=1S/C25H28N2O3S/c1-18(19-13-15-21(16-14-19)25(2,3)4)26-24(28)20-9-8-10-22(17-20)27-31(29,30)23-11-6-5-7-12-23/h5-18,27H,1-4H3,(H,26,28)/t18-/m1/s1. The summed E-state index contributed by atoms with van der Waals surface area (Å²) in [5.41, 5.74) is 3.01. The number of sulfonamides is 1. The van der Waals surface area contributed by atoms with Crippen LogP contribution in [0.25, 0.3) is 0 Å². The molecule has 0 heterocycles. The van der Waals surface area contributed by atoms with Crippen LogP contribution in [0.4, 0.5) is 5.69 Å². The van der Waals surface area contributed by atoms with Crippen molar-refractivity contribution in [2.75, 3.05) is 4.72 Å².